The minimum atomic E-state index is -0.218. The van der Waals surface area contributed by atoms with Crippen molar-refractivity contribution >= 4 is 17.5 Å². The van der Waals surface area contributed by atoms with Gasteiger partial charge in [0.15, 0.2) is 0 Å². The van der Waals surface area contributed by atoms with E-state index in [0.29, 0.717) is 18.8 Å². The van der Waals surface area contributed by atoms with E-state index in [-0.39, 0.29) is 24.0 Å². The predicted molar refractivity (Wildman–Crippen MR) is 50.0 cm³/mol. The lowest BCUT2D eigenvalue weighted by molar-refractivity contribution is -0.139. The van der Waals surface area contributed by atoms with Crippen molar-refractivity contribution in [2.45, 2.75) is 18.6 Å². The highest BCUT2D eigenvalue weighted by molar-refractivity contribution is 6.18. The second-order valence-electron chi connectivity index (χ2n) is 3.53. The molecule has 1 amide bonds. The molecule has 2 fully saturated rings. The summed E-state index contributed by atoms with van der Waals surface area (Å²) in [4.78, 5) is 11.6. The lowest BCUT2D eigenvalue weighted by Crippen LogP contribution is -2.60. The molecule has 6 heteroatoms. The van der Waals surface area contributed by atoms with Gasteiger partial charge in [-0.15, -0.1) is 11.6 Å². The molecule has 2 saturated heterocycles. The fourth-order valence-electron chi connectivity index (χ4n) is 1.85. The molecule has 0 aromatic carbocycles. The molecular formula is C8H11ClN4O. The van der Waals surface area contributed by atoms with E-state index in [2.05, 4.69) is 16.8 Å². The van der Waals surface area contributed by atoms with Crippen LogP contribution in [0, 0.1) is 17.2 Å². The van der Waals surface area contributed by atoms with Crippen LogP contribution in [0.2, 0.25) is 0 Å². The van der Waals surface area contributed by atoms with Crippen LogP contribution in [0.4, 0.5) is 0 Å². The summed E-state index contributed by atoms with van der Waals surface area (Å²) in [7, 11) is 0. The van der Waals surface area contributed by atoms with Gasteiger partial charge in [-0.05, 0) is 0 Å². The maximum atomic E-state index is 11.6. The highest BCUT2D eigenvalue weighted by Crippen LogP contribution is 2.20. The molecular weight excluding hydrogens is 204 g/mol. The Labute approximate surface area is 87.0 Å². The zero-order chi connectivity index (χ0) is 10.1. The fraction of sp³-hybridized carbons (Fsp3) is 0.750. The minimum absolute atomic E-state index is 0.0113. The number of nitrogens with one attached hydrogen (secondary N) is 2. The molecule has 14 heavy (non-hydrogen) atoms. The summed E-state index contributed by atoms with van der Waals surface area (Å²) in [6, 6.07) is 2.15. The normalized spacial score (nSPS) is 36.7. The number of hydrogen-bond acceptors (Lipinski definition) is 4. The van der Waals surface area contributed by atoms with Gasteiger partial charge in [-0.25, -0.2) is 5.43 Å². The quantitative estimate of drug-likeness (QED) is 0.572. The van der Waals surface area contributed by atoms with Crippen LogP contribution in [-0.4, -0.2) is 35.5 Å². The monoisotopic (exact) mass is 214 g/mol. The van der Waals surface area contributed by atoms with Crippen LogP contribution in [-0.2, 0) is 4.79 Å². The van der Waals surface area contributed by atoms with Gasteiger partial charge in [0, 0.05) is 24.9 Å². The van der Waals surface area contributed by atoms with Gasteiger partial charge in [0.05, 0.1) is 12.0 Å². The Kier molecular flexibility index (Phi) is 2.59. The van der Waals surface area contributed by atoms with Crippen molar-refractivity contribution in [2.75, 3.05) is 12.4 Å². The molecule has 2 aliphatic heterocycles. The Bertz CT molecular complexity index is 290. The van der Waals surface area contributed by atoms with Gasteiger partial charge >= 0.3 is 0 Å². The van der Waals surface area contributed by atoms with Gasteiger partial charge in [0.25, 0.3) is 0 Å². The standard InChI is InChI=1S/C8H11ClN4O/c9-2-6-1-7(14)13-8(12-6)5(3-10)4-11-13/h5-6,8,11-12H,1-2,4H2. The third-order valence-corrected chi connectivity index (χ3v) is 2.96. The lowest BCUT2D eigenvalue weighted by Gasteiger charge is -2.35. The summed E-state index contributed by atoms with van der Waals surface area (Å²) in [6.45, 7) is 0.523. The number of carbonyl (C=O) groups is 1. The van der Waals surface area contributed by atoms with E-state index in [1.54, 1.807) is 0 Å². The van der Waals surface area contributed by atoms with Crippen molar-refractivity contribution in [2.24, 2.45) is 5.92 Å². The molecule has 2 aliphatic rings. The summed E-state index contributed by atoms with van der Waals surface area (Å²) >= 11 is 5.69. The smallest absolute Gasteiger partial charge is 0.239 e. The largest absolute Gasteiger partial charge is 0.290 e. The highest BCUT2D eigenvalue weighted by Gasteiger charge is 2.42. The number of rotatable bonds is 1. The number of hydrazine groups is 1. The first-order valence-corrected chi connectivity index (χ1v) is 5.07. The fourth-order valence-corrected chi connectivity index (χ4v) is 2.04. The summed E-state index contributed by atoms with van der Waals surface area (Å²) in [5, 5.41) is 13.5. The van der Waals surface area contributed by atoms with Crippen molar-refractivity contribution in [1.29, 1.82) is 5.26 Å². The van der Waals surface area contributed by atoms with E-state index in [1.807, 2.05) is 0 Å². The number of nitrogens with zero attached hydrogens (tertiary/aromatic N) is 2. The van der Waals surface area contributed by atoms with E-state index in [4.69, 9.17) is 16.9 Å². The number of amides is 1. The van der Waals surface area contributed by atoms with Crippen LogP contribution < -0.4 is 10.7 Å². The van der Waals surface area contributed by atoms with Gasteiger partial charge < -0.3 is 0 Å². The molecule has 0 aliphatic carbocycles. The summed E-state index contributed by atoms with van der Waals surface area (Å²) in [5.74, 6) is 0.218. The topological polar surface area (TPSA) is 68.2 Å². The molecule has 3 atom stereocenters. The van der Waals surface area contributed by atoms with Crippen molar-refractivity contribution in [3.05, 3.63) is 0 Å². The number of carbonyl (C=O) groups excluding carboxylic acids is 1. The van der Waals surface area contributed by atoms with Crippen LogP contribution >= 0.6 is 11.6 Å². The van der Waals surface area contributed by atoms with Gasteiger partial charge in [-0.3, -0.25) is 15.1 Å². The predicted octanol–water partition coefficient (Wildman–Crippen LogP) is -0.600. The molecule has 5 nitrogen and oxygen atoms in total. The highest BCUT2D eigenvalue weighted by atomic mass is 35.5. The Morgan fingerprint density at radius 3 is 3.14 bits per heavy atom. The Morgan fingerprint density at radius 2 is 2.50 bits per heavy atom. The average Bonchev–Trinajstić information content (AvgIpc) is 2.61. The van der Waals surface area contributed by atoms with Crippen LogP contribution in [0.15, 0.2) is 0 Å². The van der Waals surface area contributed by atoms with Gasteiger partial charge in [-0.1, -0.05) is 0 Å². The van der Waals surface area contributed by atoms with Gasteiger partial charge in [0.1, 0.15) is 6.17 Å². The van der Waals surface area contributed by atoms with Crippen LogP contribution in [0.3, 0.4) is 0 Å². The first-order chi connectivity index (χ1) is 6.76. The molecule has 3 unspecified atom stereocenters. The summed E-state index contributed by atoms with van der Waals surface area (Å²) in [5.41, 5.74) is 2.91. The third kappa shape index (κ3) is 1.46. The van der Waals surface area contributed by atoms with E-state index in [9.17, 15) is 4.79 Å². The molecule has 0 spiro atoms. The van der Waals surface area contributed by atoms with Crippen molar-refractivity contribution in [3.63, 3.8) is 0 Å². The third-order valence-electron chi connectivity index (χ3n) is 2.59. The molecule has 2 N–H and O–H groups in total. The number of hydrogen-bond donors (Lipinski definition) is 2. The van der Waals surface area contributed by atoms with E-state index in [0.717, 1.165) is 0 Å². The Balaban J connectivity index is 2.13. The molecule has 0 aromatic heterocycles. The number of fused-ring (bicyclic) bond motifs is 1. The molecule has 0 saturated carbocycles. The summed E-state index contributed by atoms with van der Waals surface area (Å²) in [6.07, 6.45) is 0.176. The van der Waals surface area contributed by atoms with E-state index in [1.165, 1.54) is 5.01 Å². The van der Waals surface area contributed by atoms with Crippen LogP contribution in [0.25, 0.3) is 0 Å². The second-order valence-corrected chi connectivity index (χ2v) is 3.84. The van der Waals surface area contributed by atoms with Crippen molar-refractivity contribution in [1.82, 2.24) is 15.8 Å². The first-order valence-electron chi connectivity index (χ1n) is 4.53. The van der Waals surface area contributed by atoms with Crippen molar-refractivity contribution < 1.29 is 4.79 Å². The molecule has 2 heterocycles. The molecule has 0 aromatic rings. The van der Waals surface area contributed by atoms with Crippen LogP contribution in [0.5, 0.6) is 0 Å². The Morgan fingerprint density at radius 1 is 1.71 bits per heavy atom. The zero-order valence-corrected chi connectivity index (χ0v) is 8.29. The number of halogens is 1. The number of nitriles is 1. The Hall–Kier alpha value is -0.830. The van der Waals surface area contributed by atoms with E-state index < -0.39 is 0 Å². The maximum Gasteiger partial charge on any atom is 0.239 e. The second kappa shape index (κ2) is 3.73. The van der Waals surface area contributed by atoms with E-state index >= 15 is 0 Å². The first kappa shape index (κ1) is 9.71. The van der Waals surface area contributed by atoms with Crippen molar-refractivity contribution in [3.8, 4) is 6.07 Å². The molecule has 76 valence electrons. The average molecular weight is 215 g/mol. The number of alkyl halides is 1. The molecule has 0 radical (unpaired) electrons. The molecule has 2 rings (SSSR count). The SMILES string of the molecule is N#CC1CNN2C(=O)CC(CCl)NC12. The van der Waals surface area contributed by atoms with Gasteiger partial charge in [0.2, 0.25) is 5.91 Å². The molecule has 0 bridgehead atoms. The van der Waals surface area contributed by atoms with Crippen LogP contribution in [0.1, 0.15) is 6.42 Å². The summed E-state index contributed by atoms with van der Waals surface area (Å²) < 4.78 is 0. The minimum Gasteiger partial charge on any atom is -0.290 e. The maximum absolute atomic E-state index is 11.6. The lowest BCUT2D eigenvalue weighted by atomic mass is 10.1. The zero-order valence-electron chi connectivity index (χ0n) is 7.53. The van der Waals surface area contributed by atoms with Gasteiger partial charge in [-0.2, -0.15) is 5.26 Å².